The summed E-state index contributed by atoms with van der Waals surface area (Å²) < 4.78 is 44.1. The van der Waals surface area contributed by atoms with Gasteiger partial charge in [-0.25, -0.2) is 18.0 Å². The fourth-order valence-electron chi connectivity index (χ4n) is 5.09. The third-order valence-corrected chi connectivity index (χ3v) is 9.15. The molecule has 0 aliphatic heterocycles. The number of carbonyl (C=O) groups is 2. The molecule has 0 heterocycles. The second kappa shape index (κ2) is 27.4. The summed E-state index contributed by atoms with van der Waals surface area (Å²) in [4.78, 5) is 25.0. The predicted molar refractivity (Wildman–Crippen MR) is 169 cm³/mol. The SMILES string of the molecule is CCCCCCCCCCCCCCCCCCCCCCOC(=O)c1ccccc1C(=O)OCC(CC)S(=O)(=O)[O-].[Na+]. The standard InChI is InChI=1S/C34H58O7S.Na/c1-3-5-6-7-8-9-10-11-12-13-14-15-16-17-18-19-20-21-22-25-28-40-33(35)31-26-23-24-27-32(31)34(36)41-29-30(4-2)42(37,38)39;/h23-24,26-27,30H,3-22,25,28-29H2,1-2H3,(H,37,38,39);/q;+1/p-1. The number of benzene rings is 1. The van der Waals surface area contributed by atoms with Gasteiger partial charge in [0.25, 0.3) is 0 Å². The second-order valence-electron chi connectivity index (χ2n) is 11.5. The van der Waals surface area contributed by atoms with E-state index in [1.807, 2.05) is 0 Å². The van der Waals surface area contributed by atoms with Crippen molar-refractivity contribution in [3.63, 3.8) is 0 Å². The van der Waals surface area contributed by atoms with Crippen molar-refractivity contribution in [2.75, 3.05) is 13.2 Å². The maximum Gasteiger partial charge on any atom is 1.00 e. The Labute approximate surface area is 284 Å². The van der Waals surface area contributed by atoms with E-state index in [4.69, 9.17) is 9.47 Å². The monoisotopic (exact) mass is 632 g/mol. The molecule has 0 bridgehead atoms. The molecule has 9 heteroatoms. The van der Waals surface area contributed by atoms with Crippen molar-refractivity contribution >= 4 is 22.1 Å². The van der Waals surface area contributed by atoms with Crippen LogP contribution in [0.4, 0.5) is 0 Å². The minimum atomic E-state index is -4.58. The van der Waals surface area contributed by atoms with Crippen molar-refractivity contribution in [3.8, 4) is 0 Å². The van der Waals surface area contributed by atoms with Gasteiger partial charge in [-0.3, -0.25) is 0 Å². The molecule has 7 nitrogen and oxygen atoms in total. The van der Waals surface area contributed by atoms with Crippen molar-refractivity contribution in [3.05, 3.63) is 35.4 Å². The molecule has 242 valence electrons. The van der Waals surface area contributed by atoms with Crippen LogP contribution in [0.15, 0.2) is 24.3 Å². The van der Waals surface area contributed by atoms with E-state index in [-0.39, 0.29) is 53.7 Å². The summed E-state index contributed by atoms with van der Waals surface area (Å²) >= 11 is 0. The van der Waals surface area contributed by atoms with E-state index in [0.29, 0.717) is 0 Å². The maximum absolute atomic E-state index is 12.5. The van der Waals surface area contributed by atoms with E-state index in [1.165, 1.54) is 128 Å². The molecular formula is C34H57NaO7S. The minimum Gasteiger partial charge on any atom is -0.748 e. The van der Waals surface area contributed by atoms with Gasteiger partial charge in [-0.15, -0.1) is 0 Å². The Kier molecular flexibility index (Phi) is 26.8. The Morgan fingerprint density at radius 2 is 0.977 bits per heavy atom. The fraction of sp³-hybridized carbons (Fsp3) is 0.765. The van der Waals surface area contributed by atoms with Gasteiger partial charge in [-0.1, -0.05) is 148 Å². The molecular weight excluding hydrogens is 575 g/mol. The number of esters is 2. The van der Waals surface area contributed by atoms with Crippen molar-refractivity contribution in [2.24, 2.45) is 0 Å². The molecule has 0 aliphatic rings. The molecule has 1 unspecified atom stereocenters. The average molecular weight is 633 g/mol. The largest absolute Gasteiger partial charge is 1.00 e. The molecule has 1 aromatic carbocycles. The van der Waals surface area contributed by atoms with Crippen LogP contribution >= 0.6 is 0 Å². The van der Waals surface area contributed by atoms with Crippen LogP contribution in [0.25, 0.3) is 0 Å². The quantitative estimate of drug-likeness (QED) is 0.0495. The Morgan fingerprint density at radius 3 is 1.33 bits per heavy atom. The smallest absolute Gasteiger partial charge is 0.748 e. The molecule has 0 amide bonds. The second-order valence-corrected chi connectivity index (χ2v) is 13.2. The van der Waals surface area contributed by atoms with Crippen LogP contribution in [0.2, 0.25) is 0 Å². The van der Waals surface area contributed by atoms with Crippen molar-refractivity contribution in [2.45, 2.75) is 154 Å². The molecule has 0 saturated heterocycles. The predicted octanol–water partition coefficient (Wildman–Crippen LogP) is 6.15. The van der Waals surface area contributed by atoms with Gasteiger partial charge < -0.3 is 14.0 Å². The topological polar surface area (TPSA) is 110 Å². The zero-order valence-corrected chi connectivity index (χ0v) is 30.2. The molecule has 43 heavy (non-hydrogen) atoms. The zero-order chi connectivity index (χ0) is 30.9. The van der Waals surface area contributed by atoms with Crippen molar-refractivity contribution in [1.82, 2.24) is 0 Å². The van der Waals surface area contributed by atoms with E-state index in [9.17, 15) is 22.6 Å². The molecule has 1 aromatic rings. The van der Waals surface area contributed by atoms with Gasteiger partial charge in [-0.2, -0.15) is 0 Å². The van der Waals surface area contributed by atoms with E-state index in [1.54, 1.807) is 12.1 Å². The number of rotatable bonds is 27. The van der Waals surface area contributed by atoms with Gasteiger partial charge in [0.15, 0.2) is 0 Å². The van der Waals surface area contributed by atoms with Gasteiger partial charge in [0.1, 0.15) is 16.7 Å². The summed E-state index contributed by atoms with van der Waals surface area (Å²) in [6.45, 7) is 3.52. The number of unbranched alkanes of at least 4 members (excludes halogenated alkanes) is 19. The molecule has 1 atom stereocenters. The van der Waals surface area contributed by atoms with Crippen LogP contribution in [-0.4, -0.2) is 43.4 Å². The third kappa shape index (κ3) is 21.4. The minimum absolute atomic E-state index is 0. The summed E-state index contributed by atoms with van der Waals surface area (Å²) in [5.41, 5.74) is 0.0536. The van der Waals surface area contributed by atoms with Gasteiger partial charge in [0, 0.05) is 0 Å². The first kappa shape index (κ1) is 42.1. The van der Waals surface area contributed by atoms with Crippen LogP contribution in [-0.2, 0) is 19.6 Å². The van der Waals surface area contributed by atoms with Crippen molar-refractivity contribution < 1.29 is 61.6 Å². The van der Waals surface area contributed by atoms with Crippen LogP contribution in [0.3, 0.4) is 0 Å². The normalized spacial score (nSPS) is 12.0. The molecule has 0 radical (unpaired) electrons. The van der Waals surface area contributed by atoms with Gasteiger partial charge in [0.2, 0.25) is 0 Å². The molecule has 0 N–H and O–H groups in total. The Morgan fingerprint density at radius 1 is 0.628 bits per heavy atom. The Hall–Kier alpha value is -0.930. The molecule has 0 aromatic heterocycles. The van der Waals surface area contributed by atoms with Gasteiger partial charge in [-0.05, 0) is 25.0 Å². The first-order chi connectivity index (χ1) is 20.3. The van der Waals surface area contributed by atoms with Crippen LogP contribution in [0.1, 0.15) is 169 Å². The Bertz CT molecular complexity index is 952. The maximum atomic E-state index is 12.5. The molecule has 0 aliphatic carbocycles. The van der Waals surface area contributed by atoms with Crippen LogP contribution < -0.4 is 29.6 Å². The van der Waals surface area contributed by atoms with Crippen molar-refractivity contribution in [1.29, 1.82) is 0 Å². The number of hydrogen-bond donors (Lipinski definition) is 0. The number of hydrogen-bond acceptors (Lipinski definition) is 7. The van der Waals surface area contributed by atoms with E-state index >= 15 is 0 Å². The van der Waals surface area contributed by atoms with Crippen LogP contribution in [0, 0.1) is 0 Å². The van der Waals surface area contributed by atoms with E-state index in [2.05, 4.69) is 6.92 Å². The summed E-state index contributed by atoms with van der Waals surface area (Å²) in [7, 11) is -4.58. The van der Waals surface area contributed by atoms with Gasteiger partial charge >= 0.3 is 41.5 Å². The molecule has 1 rings (SSSR count). The summed E-state index contributed by atoms with van der Waals surface area (Å²) in [6.07, 6.45) is 26.1. The summed E-state index contributed by atoms with van der Waals surface area (Å²) in [6, 6.07) is 6.08. The fourth-order valence-corrected chi connectivity index (χ4v) is 5.73. The van der Waals surface area contributed by atoms with Crippen LogP contribution in [0.5, 0.6) is 0 Å². The molecule has 0 fully saturated rings. The summed E-state index contributed by atoms with van der Waals surface area (Å²) in [5.74, 6) is -1.48. The van der Waals surface area contributed by atoms with E-state index in [0.717, 1.165) is 19.3 Å². The third-order valence-electron chi connectivity index (χ3n) is 7.86. The molecule has 0 spiro atoms. The first-order valence-electron chi connectivity index (χ1n) is 16.7. The van der Waals surface area contributed by atoms with E-state index < -0.39 is 33.9 Å². The Balaban J connectivity index is 0.0000176. The first-order valence-corrected chi connectivity index (χ1v) is 18.2. The number of ether oxygens (including phenoxy) is 2. The summed E-state index contributed by atoms with van der Waals surface area (Å²) in [5, 5.41) is -1.32. The number of carbonyl (C=O) groups excluding carboxylic acids is 2. The average Bonchev–Trinajstić information content (AvgIpc) is 2.97. The van der Waals surface area contributed by atoms with Gasteiger partial charge in [0.05, 0.1) is 23.0 Å². The molecule has 0 saturated carbocycles. The zero-order valence-electron chi connectivity index (χ0n) is 27.4.